The van der Waals surface area contributed by atoms with Crippen molar-refractivity contribution in [2.45, 2.75) is 31.8 Å². The fourth-order valence-corrected chi connectivity index (χ4v) is 3.15. The maximum atomic E-state index is 12.5. The maximum absolute atomic E-state index is 12.5. The Morgan fingerprint density at radius 1 is 1.26 bits per heavy atom. The molecule has 2 amide bonds. The second-order valence-corrected chi connectivity index (χ2v) is 6.85. The van der Waals surface area contributed by atoms with Crippen molar-refractivity contribution in [1.82, 2.24) is 5.32 Å². The van der Waals surface area contributed by atoms with Crippen molar-refractivity contribution in [2.75, 3.05) is 18.5 Å². The van der Waals surface area contributed by atoms with E-state index < -0.39 is 5.41 Å². The third kappa shape index (κ3) is 3.62. The van der Waals surface area contributed by atoms with Gasteiger partial charge in [0.2, 0.25) is 11.8 Å². The van der Waals surface area contributed by atoms with Crippen LogP contribution >= 0.6 is 23.2 Å². The quantitative estimate of drug-likeness (QED) is 0.796. The van der Waals surface area contributed by atoms with Gasteiger partial charge in [-0.25, -0.2) is 0 Å². The lowest BCUT2D eigenvalue weighted by molar-refractivity contribution is -0.134. The normalized spacial score (nSPS) is 21.7. The largest absolute Gasteiger partial charge is 0.376 e. The Bertz CT molecular complexity index is 626. The first kappa shape index (κ1) is 16.6. The highest BCUT2D eigenvalue weighted by atomic mass is 35.5. The predicted molar refractivity (Wildman–Crippen MR) is 88.7 cm³/mol. The molecule has 2 aliphatic rings. The van der Waals surface area contributed by atoms with E-state index in [-0.39, 0.29) is 17.9 Å². The van der Waals surface area contributed by atoms with Crippen molar-refractivity contribution in [1.29, 1.82) is 0 Å². The number of halogens is 2. The van der Waals surface area contributed by atoms with Crippen LogP contribution in [0.5, 0.6) is 0 Å². The summed E-state index contributed by atoms with van der Waals surface area (Å²) in [6.45, 7) is 1.19. The fraction of sp³-hybridized carbons (Fsp3) is 0.500. The standard InChI is InChI=1S/C16H18Cl2N2O3/c17-10-3-4-13(12(18)8-10)20-15(22)16(5-6-16)14(21)19-9-11-2-1-7-23-11/h3-4,8,11H,1-2,5-7,9H2,(H,19,21)(H,20,22). The zero-order chi connectivity index (χ0) is 16.4. The van der Waals surface area contributed by atoms with Gasteiger partial charge in [-0.05, 0) is 43.9 Å². The van der Waals surface area contributed by atoms with Gasteiger partial charge in [0, 0.05) is 18.2 Å². The molecular weight excluding hydrogens is 339 g/mol. The number of hydrogen-bond donors (Lipinski definition) is 2. The number of amides is 2. The molecule has 1 aromatic carbocycles. The molecule has 1 heterocycles. The lowest BCUT2D eigenvalue weighted by Gasteiger charge is -2.17. The van der Waals surface area contributed by atoms with Crippen molar-refractivity contribution in [3.63, 3.8) is 0 Å². The van der Waals surface area contributed by atoms with E-state index in [2.05, 4.69) is 10.6 Å². The molecule has 23 heavy (non-hydrogen) atoms. The number of hydrogen-bond acceptors (Lipinski definition) is 3. The molecule has 1 unspecified atom stereocenters. The van der Waals surface area contributed by atoms with E-state index in [4.69, 9.17) is 27.9 Å². The van der Waals surface area contributed by atoms with Gasteiger partial charge >= 0.3 is 0 Å². The van der Waals surface area contributed by atoms with Crippen LogP contribution in [0.15, 0.2) is 18.2 Å². The molecule has 2 N–H and O–H groups in total. The van der Waals surface area contributed by atoms with E-state index in [0.717, 1.165) is 19.4 Å². The van der Waals surface area contributed by atoms with E-state index in [1.165, 1.54) is 0 Å². The molecule has 0 radical (unpaired) electrons. The number of ether oxygens (including phenoxy) is 1. The molecule has 0 aromatic heterocycles. The topological polar surface area (TPSA) is 67.4 Å². The van der Waals surface area contributed by atoms with Crippen molar-refractivity contribution in [2.24, 2.45) is 5.41 Å². The van der Waals surface area contributed by atoms with Gasteiger partial charge in [-0.1, -0.05) is 23.2 Å². The first-order valence-electron chi connectivity index (χ1n) is 7.68. The summed E-state index contributed by atoms with van der Waals surface area (Å²) < 4.78 is 5.47. The molecule has 1 atom stereocenters. The number of nitrogens with one attached hydrogen (secondary N) is 2. The fourth-order valence-electron chi connectivity index (χ4n) is 2.70. The Morgan fingerprint density at radius 2 is 2.04 bits per heavy atom. The average Bonchev–Trinajstić information content (AvgIpc) is 3.17. The van der Waals surface area contributed by atoms with Gasteiger partial charge in [-0.2, -0.15) is 0 Å². The van der Waals surface area contributed by atoms with E-state index in [9.17, 15) is 9.59 Å². The molecule has 2 fully saturated rings. The zero-order valence-corrected chi connectivity index (χ0v) is 14.0. The summed E-state index contributed by atoms with van der Waals surface area (Å²) in [5.41, 5.74) is -0.527. The van der Waals surface area contributed by atoms with Crippen LogP contribution in [-0.2, 0) is 14.3 Å². The van der Waals surface area contributed by atoms with Crippen molar-refractivity contribution in [3.05, 3.63) is 28.2 Å². The predicted octanol–water partition coefficient (Wildman–Crippen LogP) is 3.01. The van der Waals surface area contributed by atoms with Gasteiger partial charge in [0.1, 0.15) is 5.41 Å². The number of carbonyl (C=O) groups excluding carboxylic acids is 2. The minimum absolute atomic E-state index is 0.0588. The SMILES string of the molecule is O=C(NCC1CCCO1)C1(C(=O)Nc2ccc(Cl)cc2Cl)CC1. The molecule has 5 nitrogen and oxygen atoms in total. The molecule has 1 saturated heterocycles. The van der Waals surface area contributed by atoms with Crippen LogP contribution in [0.1, 0.15) is 25.7 Å². The highest BCUT2D eigenvalue weighted by Gasteiger charge is 2.56. The Kier molecular flexibility index (Phi) is 4.80. The molecule has 3 rings (SSSR count). The molecule has 7 heteroatoms. The molecule has 1 saturated carbocycles. The number of rotatable bonds is 5. The minimum atomic E-state index is -0.985. The first-order chi connectivity index (χ1) is 11.0. The molecule has 1 aliphatic heterocycles. The van der Waals surface area contributed by atoms with E-state index in [1.54, 1.807) is 18.2 Å². The van der Waals surface area contributed by atoms with Crippen LogP contribution in [0.25, 0.3) is 0 Å². The van der Waals surface area contributed by atoms with Crippen molar-refractivity contribution >= 4 is 40.7 Å². The van der Waals surface area contributed by atoms with E-state index in [1.807, 2.05) is 0 Å². The van der Waals surface area contributed by atoms with Gasteiger partial charge in [-0.3, -0.25) is 9.59 Å². The van der Waals surface area contributed by atoms with Crippen LogP contribution in [0, 0.1) is 5.41 Å². The van der Waals surface area contributed by atoms with Crippen LogP contribution in [-0.4, -0.2) is 31.1 Å². The number of carbonyl (C=O) groups is 2. The summed E-state index contributed by atoms with van der Waals surface area (Å²) in [4.78, 5) is 24.8. The van der Waals surface area contributed by atoms with Gasteiger partial charge < -0.3 is 15.4 Å². The third-order valence-corrected chi connectivity index (χ3v) is 4.86. The summed E-state index contributed by atoms with van der Waals surface area (Å²) >= 11 is 11.9. The molecule has 1 aromatic rings. The molecule has 0 bridgehead atoms. The summed E-state index contributed by atoms with van der Waals surface area (Å²) in [6.07, 6.45) is 3.10. The van der Waals surface area contributed by atoms with Crippen LogP contribution in [0.3, 0.4) is 0 Å². The van der Waals surface area contributed by atoms with Gasteiger partial charge in [0.05, 0.1) is 16.8 Å². The second kappa shape index (κ2) is 6.67. The van der Waals surface area contributed by atoms with Crippen molar-refractivity contribution < 1.29 is 14.3 Å². The van der Waals surface area contributed by atoms with E-state index >= 15 is 0 Å². The Morgan fingerprint density at radius 3 is 2.65 bits per heavy atom. The monoisotopic (exact) mass is 356 g/mol. The number of anilines is 1. The smallest absolute Gasteiger partial charge is 0.240 e. The van der Waals surface area contributed by atoms with Crippen molar-refractivity contribution in [3.8, 4) is 0 Å². The summed E-state index contributed by atoms with van der Waals surface area (Å²) in [5.74, 6) is -0.567. The zero-order valence-electron chi connectivity index (χ0n) is 12.5. The molecule has 1 aliphatic carbocycles. The highest BCUT2D eigenvalue weighted by molar-refractivity contribution is 6.36. The average molecular weight is 357 g/mol. The Balaban J connectivity index is 1.60. The molecular formula is C16H18Cl2N2O3. The minimum Gasteiger partial charge on any atom is -0.376 e. The third-order valence-electron chi connectivity index (χ3n) is 4.31. The Labute approximate surface area is 144 Å². The van der Waals surface area contributed by atoms with Gasteiger partial charge in [0.15, 0.2) is 0 Å². The summed E-state index contributed by atoms with van der Waals surface area (Å²) in [5, 5.41) is 6.40. The molecule has 0 spiro atoms. The lowest BCUT2D eigenvalue weighted by atomic mass is 10.0. The summed E-state index contributed by atoms with van der Waals surface area (Å²) in [7, 11) is 0. The highest BCUT2D eigenvalue weighted by Crippen LogP contribution is 2.47. The van der Waals surface area contributed by atoms with Gasteiger partial charge in [0.25, 0.3) is 0 Å². The summed E-state index contributed by atoms with van der Waals surface area (Å²) in [6, 6.07) is 4.82. The van der Waals surface area contributed by atoms with Crippen LogP contribution < -0.4 is 10.6 Å². The lowest BCUT2D eigenvalue weighted by Crippen LogP contribution is -2.42. The molecule has 124 valence electrons. The van der Waals surface area contributed by atoms with Crippen LogP contribution in [0.2, 0.25) is 10.0 Å². The maximum Gasteiger partial charge on any atom is 0.240 e. The second-order valence-electron chi connectivity index (χ2n) is 6.01. The first-order valence-corrected chi connectivity index (χ1v) is 8.43. The number of benzene rings is 1. The van der Waals surface area contributed by atoms with Gasteiger partial charge in [-0.15, -0.1) is 0 Å². The van der Waals surface area contributed by atoms with Crippen LogP contribution in [0.4, 0.5) is 5.69 Å². The van der Waals surface area contributed by atoms with E-state index in [0.29, 0.717) is 35.1 Å². The Hall–Kier alpha value is -1.30.